The monoisotopic (exact) mass is 284 g/mol. The Balaban J connectivity index is 2.27. The maximum atomic E-state index is 11.9. The lowest BCUT2D eigenvalue weighted by Gasteiger charge is -2.21. The average molecular weight is 284 g/mol. The van der Waals surface area contributed by atoms with Crippen LogP contribution in [0.4, 0.5) is 0 Å². The number of methoxy groups -OCH3 is 1. The SMILES string of the molecule is COCCN(CCC(=O)NC1CCCCCC1)C(C)=O. The molecule has 0 spiro atoms. The summed E-state index contributed by atoms with van der Waals surface area (Å²) in [6.07, 6.45) is 7.52. The fourth-order valence-corrected chi connectivity index (χ4v) is 2.59. The molecule has 1 fully saturated rings. The van der Waals surface area contributed by atoms with Gasteiger partial charge in [-0.3, -0.25) is 9.59 Å². The van der Waals surface area contributed by atoms with Crippen molar-refractivity contribution in [3.63, 3.8) is 0 Å². The predicted molar refractivity (Wildman–Crippen MR) is 78.4 cm³/mol. The van der Waals surface area contributed by atoms with E-state index in [-0.39, 0.29) is 11.8 Å². The van der Waals surface area contributed by atoms with Gasteiger partial charge in [0.05, 0.1) is 6.61 Å². The molecule has 116 valence electrons. The number of rotatable bonds is 7. The van der Waals surface area contributed by atoms with Crippen molar-refractivity contribution in [2.45, 2.75) is 57.9 Å². The van der Waals surface area contributed by atoms with Crippen LogP contribution >= 0.6 is 0 Å². The zero-order valence-electron chi connectivity index (χ0n) is 12.8. The Kier molecular flexibility index (Phi) is 8.26. The normalized spacial score (nSPS) is 16.5. The second-order valence-corrected chi connectivity index (χ2v) is 5.50. The topological polar surface area (TPSA) is 58.6 Å². The van der Waals surface area contributed by atoms with E-state index in [1.54, 1.807) is 12.0 Å². The number of hydrogen-bond donors (Lipinski definition) is 1. The van der Waals surface area contributed by atoms with Crippen LogP contribution in [0.5, 0.6) is 0 Å². The van der Waals surface area contributed by atoms with Crippen molar-refractivity contribution in [2.75, 3.05) is 26.8 Å². The van der Waals surface area contributed by atoms with Crippen LogP contribution in [0.15, 0.2) is 0 Å². The molecule has 2 amide bonds. The van der Waals surface area contributed by atoms with Gasteiger partial charge in [0.1, 0.15) is 0 Å². The smallest absolute Gasteiger partial charge is 0.221 e. The van der Waals surface area contributed by atoms with E-state index in [0.29, 0.717) is 32.2 Å². The van der Waals surface area contributed by atoms with Gasteiger partial charge in [0.2, 0.25) is 11.8 Å². The summed E-state index contributed by atoms with van der Waals surface area (Å²) in [6, 6.07) is 0.328. The van der Waals surface area contributed by atoms with Crippen LogP contribution in [0.25, 0.3) is 0 Å². The first-order chi connectivity index (χ1) is 9.63. The van der Waals surface area contributed by atoms with Crippen molar-refractivity contribution in [2.24, 2.45) is 0 Å². The standard InChI is InChI=1S/C15H28N2O3/c1-13(18)17(11-12-20-2)10-9-15(19)16-14-7-5-3-4-6-8-14/h14H,3-12H2,1-2H3,(H,16,19). The first-order valence-electron chi connectivity index (χ1n) is 7.67. The van der Waals surface area contributed by atoms with Gasteiger partial charge in [-0.2, -0.15) is 0 Å². The molecule has 0 saturated heterocycles. The van der Waals surface area contributed by atoms with Gasteiger partial charge < -0.3 is 15.0 Å². The van der Waals surface area contributed by atoms with E-state index in [0.717, 1.165) is 12.8 Å². The Morgan fingerprint density at radius 3 is 2.35 bits per heavy atom. The number of ether oxygens (including phenoxy) is 1. The molecule has 1 saturated carbocycles. The minimum atomic E-state index is -0.00989. The molecule has 0 unspecified atom stereocenters. The minimum Gasteiger partial charge on any atom is -0.383 e. The fraction of sp³-hybridized carbons (Fsp3) is 0.867. The number of carbonyl (C=O) groups is 2. The molecule has 0 atom stereocenters. The molecule has 0 radical (unpaired) electrons. The van der Waals surface area contributed by atoms with Crippen LogP contribution in [-0.2, 0) is 14.3 Å². The number of nitrogens with zero attached hydrogens (tertiary/aromatic N) is 1. The molecule has 0 aromatic carbocycles. The van der Waals surface area contributed by atoms with Crippen molar-refractivity contribution in [1.29, 1.82) is 0 Å². The van der Waals surface area contributed by atoms with E-state index in [2.05, 4.69) is 5.32 Å². The highest BCUT2D eigenvalue weighted by atomic mass is 16.5. The lowest BCUT2D eigenvalue weighted by Crippen LogP contribution is -2.39. The largest absolute Gasteiger partial charge is 0.383 e. The van der Waals surface area contributed by atoms with E-state index in [1.165, 1.54) is 32.6 Å². The second kappa shape index (κ2) is 9.75. The van der Waals surface area contributed by atoms with Gasteiger partial charge in [0, 0.05) is 39.6 Å². The fourth-order valence-electron chi connectivity index (χ4n) is 2.59. The van der Waals surface area contributed by atoms with Gasteiger partial charge in [-0.15, -0.1) is 0 Å². The van der Waals surface area contributed by atoms with Gasteiger partial charge >= 0.3 is 0 Å². The Bertz CT molecular complexity index is 299. The van der Waals surface area contributed by atoms with Crippen LogP contribution in [0.3, 0.4) is 0 Å². The summed E-state index contributed by atoms with van der Waals surface area (Å²) < 4.78 is 4.97. The van der Waals surface area contributed by atoms with Gasteiger partial charge in [-0.25, -0.2) is 0 Å². The third-order valence-electron chi connectivity index (χ3n) is 3.84. The maximum absolute atomic E-state index is 11.9. The van der Waals surface area contributed by atoms with Crippen LogP contribution in [0.1, 0.15) is 51.9 Å². The third kappa shape index (κ3) is 6.89. The van der Waals surface area contributed by atoms with Crippen molar-refractivity contribution in [3.8, 4) is 0 Å². The van der Waals surface area contributed by atoms with Crippen LogP contribution in [0.2, 0.25) is 0 Å². The molecule has 0 aromatic heterocycles. The van der Waals surface area contributed by atoms with Crippen LogP contribution in [-0.4, -0.2) is 49.6 Å². The molecule has 1 N–H and O–H groups in total. The molecule has 1 aliphatic rings. The van der Waals surface area contributed by atoms with E-state index in [1.807, 2.05) is 0 Å². The summed E-state index contributed by atoms with van der Waals surface area (Å²) in [5.74, 6) is 0.0462. The molecule has 1 aliphatic carbocycles. The zero-order chi connectivity index (χ0) is 14.8. The number of hydrogen-bond acceptors (Lipinski definition) is 3. The summed E-state index contributed by atoms with van der Waals surface area (Å²) in [6.45, 7) is 3.04. The second-order valence-electron chi connectivity index (χ2n) is 5.50. The number of carbonyl (C=O) groups excluding carboxylic acids is 2. The molecule has 0 heterocycles. The molecular formula is C15H28N2O3. The summed E-state index contributed by atoms with van der Waals surface area (Å²) in [7, 11) is 1.61. The Hall–Kier alpha value is -1.10. The van der Waals surface area contributed by atoms with Gasteiger partial charge in [0.25, 0.3) is 0 Å². The molecular weight excluding hydrogens is 256 g/mol. The van der Waals surface area contributed by atoms with Gasteiger partial charge in [-0.1, -0.05) is 25.7 Å². The van der Waals surface area contributed by atoms with Crippen molar-refractivity contribution >= 4 is 11.8 Å². The van der Waals surface area contributed by atoms with E-state index in [4.69, 9.17) is 4.74 Å². The van der Waals surface area contributed by atoms with Gasteiger partial charge in [-0.05, 0) is 12.8 Å². The predicted octanol–water partition coefficient (Wildman–Crippen LogP) is 1.71. The quantitative estimate of drug-likeness (QED) is 0.724. The van der Waals surface area contributed by atoms with Crippen LogP contribution < -0.4 is 5.32 Å². The molecule has 20 heavy (non-hydrogen) atoms. The van der Waals surface area contributed by atoms with Crippen molar-refractivity contribution in [1.82, 2.24) is 10.2 Å². The minimum absolute atomic E-state index is 0.00989. The third-order valence-corrected chi connectivity index (χ3v) is 3.84. The Morgan fingerprint density at radius 2 is 1.80 bits per heavy atom. The molecule has 5 heteroatoms. The first-order valence-corrected chi connectivity index (χ1v) is 7.67. The molecule has 0 aromatic rings. The van der Waals surface area contributed by atoms with Gasteiger partial charge in [0.15, 0.2) is 0 Å². The summed E-state index contributed by atoms with van der Waals surface area (Å²) in [4.78, 5) is 25.0. The number of nitrogens with one attached hydrogen (secondary N) is 1. The molecule has 0 bridgehead atoms. The van der Waals surface area contributed by atoms with Crippen molar-refractivity contribution < 1.29 is 14.3 Å². The highest BCUT2D eigenvalue weighted by Gasteiger charge is 2.16. The summed E-state index contributed by atoms with van der Waals surface area (Å²) in [5.41, 5.74) is 0. The Morgan fingerprint density at radius 1 is 1.15 bits per heavy atom. The highest BCUT2D eigenvalue weighted by molar-refractivity contribution is 5.78. The lowest BCUT2D eigenvalue weighted by molar-refractivity contribution is -0.130. The molecule has 5 nitrogen and oxygen atoms in total. The van der Waals surface area contributed by atoms with E-state index in [9.17, 15) is 9.59 Å². The lowest BCUT2D eigenvalue weighted by atomic mass is 10.1. The summed E-state index contributed by atoms with van der Waals surface area (Å²) in [5, 5.41) is 3.10. The molecule has 0 aliphatic heterocycles. The maximum Gasteiger partial charge on any atom is 0.221 e. The zero-order valence-corrected chi connectivity index (χ0v) is 12.8. The molecule has 1 rings (SSSR count). The Labute approximate surface area is 122 Å². The number of amides is 2. The summed E-state index contributed by atoms with van der Waals surface area (Å²) >= 11 is 0. The highest BCUT2D eigenvalue weighted by Crippen LogP contribution is 2.17. The van der Waals surface area contributed by atoms with Crippen LogP contribution in [0, 0.1) is 0 Å². The van der Waals surface area contributed by atoms with E-state index >= 15 is 0 Å². The average Bonchev–Trinajstić information content (AvgIpc) is 2.67. The van der Waals surface area contributed by atoms with Crippen molar-refractivity contribution in [3.05, 3.63) is 0 Å². The first kappa shape index (κ1) is 17.0. The van der Waals surface area contributed by atoms with E-state index < -0.39 is 0 Å².